The first-order valence-corrected chi connectivity index (χ1v) is 8.39. The van der Waals surface area contributed by atoms with E-state index in [4.69, 9.17) is 0 Å². The van der Waals surface area contributed by atoms with E-state index < -0.39 is 0 Å². The van der Waals surface area contributed by atoms with Crippen molar-refractivity contribution >= 4 is 5.91 Å². The predicted molar refractivity (Wildman–Crippen MR) is 87.0 cm³/mol. The number of rotatable bonds is 6. The Balaban J connectivity index is 1.81. The van der Waals surface area contributed by atoms with E-state index in [1.165, 1.54) is 12.1 Å². The minimum Gasteiger partial charge on any atom is -0.356 e. The van der Waals surface area contributed by atoms with Crippen molar-refractivity contribution in [3.05, 3.63) is 35.6 Å². The Morgan fingerprint density at radius 1 is 1.32 bits per heavy atom. The largest absolute Gasteiger partial charge is 0.356 e. The van der Waals surface area contributed by atoms with Crippen LogP contribution >= 0.6 is 0 Å². The van der Waals surface area contributed by atoms with E-state index in [-0.39, 0.29) is 23.7 Å². The van der Waals surface area contributed by atoms with Gasteiger partial charge in [0, 0.05) is 18.5 Å². The normalized spacial score (nSPS) is 18.1. The molecular formula is C18H27FN2O. The van der Waals surface area contributed by atoms with Gasteiger partial charge in [-0.05, 0) is 57.0 Å². The van der Waals surface area contributed by atoms with Gasteiger partial charge in [-0.2, -0.15) is 0 Å². The number of carbonyl (C=O) groups is 1. The van der Waals surface area contributed by atoms with Gasteiger partial charge in [-0.25, -0.2) is 4.39 Å². The molecule has 1 fully saturated rings. The van der Waals surface area contributed by atoms with Gasteiger partial charge in [0.25, 0.3) is 0 Å². The Morgan fingerprint density at radius 3 is 2.55 bits per heavy atom. The molecule has 1 aromatic carbocycles. The second-order valence-corrected chi connectivity index (χ2v) is 6.18. The highest BCUT2D eigenvalue weighted by Gasteiger charge is 2.27. The number of likely N-dealkylation sites (tertiary alicyclic amines) is 1. The quantitative estimate of drug-likeness (QED) is 0.816. The molecule has 1 heterocycles. The minimum absolute atomic E-state index is 0.147. The first-order chi connectivity index (χ1) is 10.6. The van der Waals surface area contributed by atoms with Crippen LogP contribution in [0, 0.1) is 11.7 Å². The molecule has 0 spiro atoms. The maximum atomic E-state index is 13.0. The summed E-state index contributed by atoms with van der Waals surface area (Å²) in [5, 5.41) is 3.04. The van der Waals surface area contributed by atoms with Crippen molar-refractivity contribution in [1.82, 2.24) is 10.2 Å². The standard InChI is InChI=1S/C18H27FN2O/c1-3-4-11-20-18(22)16-9-12-21(13-10-16)14(2)15-5-7-17(19)8-6-15/h5-8,14,16H,3-4,9-13H2,1-2H3,(H,20,22)/t14-/m0/s1. The number of hydrogen-bond acceptors (Lipinski definition) is 2. The molecule has 0 aliphatic carbocycles. The molecule has 1 atom stereocenters. The second kappa shape index (κ2) is 8.28. The van der Waals surface area contributed by atoms with Gasteiger partial charge in [-0.3, -0.25) is 9.69 Å². The SMILES string of the molecule is CCCCNC(=O)C1CCN([C@@H](C)c2ccc(F)cc2)CC1. The van der Waals surface area contributed by atoms with Gasteiger partial charge in [-0.15, -0.1) is 0 Å². The molecule has 0 unspecified atom stereocenters. The molecule has 3 nitrogen and oxygen atoms in total. The van der Waals surface area contributed by atoms with Gasteiger partial charge in [-0.1, -0.05) is 25.5 Å². The third kappa shape index (κ3) is 4.54. The van der Waals surface area contributed by atoms with Gasteiger partial charge < -0.3 is 5.32 Å². The summed E-state index contributed by atoms with van der Waals surface area (Å²) < 4.78 is 13.0. The average molecular weight is 306 g/mol. The number of benzene rings is 1. The number of amides is 1. The fourth-order valence-electron chi connectivity index (χ4n) is 3.03. The van der Waals surface area contributed by atoms with Crippen molar-refractivity contribution < 1.29 is 9.18 Å². The molecular weight excluding hydrogens is 279 g/mol. The van der Waals surface area contributed by atoms with Gasteiger partial charge >= 0.3 is 0 Å². The summed E-state index contributed by atoms with van der Waals surface area (Å²) in [5.74, 6) is 0.162. The number of halogens is 1. The summed E-state index contributed by atoms with van der Waals surface area (Å²) in [6.07, 6.45) is 3.97. The highest BCUT2D eigenvalue weighted by molar-refractivity contribution is 5.78. The molecule has 122 valence electrons. The van der Waals surface area contributed by atoms with Crippen LogP contribution in [0.3, 0.4) is 0 Å². The average Bonchev–Trinajstić information content (AvgIpc) is 2.55. The van der Waals surface area contributed by atoms with Crippen molar-refractivity contribution in [2.75, 3.05) is 19.6 Å². The molecule has 2 rings (SSSR count). The van der Waals surface area contributed by atoms with E-state index in [1.807, 2.05) is 12.1 Å². The summed E-state index contributed by atoms with van der Waals surface area (Å²) in [7, 11) is 0. The zero-order chi connectivity index (χ0) is 15.9. The maximum Gasteiger partial charge on any atom is 0.223 e. The third-order valence-electron chi connectivity index (χ3n) is 4.63. The lowest BCUT2D eigenvalue weighted by molar-refractivity contribution is -0.126. The minimum atomic E-state index is -0.196. The molecule has 0 saturated carbocycles. The van der Waals surface area contributed by atoms with Crippen molar-refractivity contribution in [3.63, 3.8) is 0 Å². The van der Waals surface area contributed by atoms with Crippen molar-refractivity contribution in [2.24, 2.45) is 5.92 Å². The van der Waals surface area contributed by atoms with E-state index in [0.29, 0.717) is 0 Å². The lowest BCUT2D eigenvalue weighted by Crippen LogP contribution is -2.41. The van der Waals surface area contributed by atoms with Crippen LogP contribution in [0.2, 0.25) is 0 Å². The van der Waals surface area contributed by atoms with Crippen LogP contribution in [0.4, 0.5) is 4.39 Å². The van der Waals surface area contributed by atoms with Crippen molar-refractivity contribution in [1.29, 1.82) is 0 Å². The van der Waals surface area contributed by atoms with Crippen LogP contribution in [0.1, 0.15) is 51.1 Å². The molecule has 1 aliphatic heterocycles. The fraction of sp³-hybridized carbons (Fsp3) is 0.611. The number of nitrogens with one attached hydrogen (secondary N) is 1. The smallest absolute Gasteiger partial charge is 0.223 e. The third-order valence-corrected chi connectivity index (χ3v) is 4.63. The lowest BCUT2D eigenvalue weighted by Gasteiger charge is -2.35. The Labute approximate surface area is 132 Å². The van der Waals surface area contributed by atoms with E-state index in [9.17, 15) is 9.18 Å². The molecule has 4 heteroatoms. The Kier molecular flexibility index (Phi) is 6.37. The highest BCUT2D eigenvalue weighted by atomic mass is 19.1. The summed E-state index contributed by atoms with van der Waals surface area (Å²) >= 11 is 0. The zero-order valence-corrected chi connectivity index (χ0v) is 13.6. The molecule has 22 heavy (non-hydrogen) atoms. The number of nitrogens with zero attached hydrogens (tertiary/aromatic N) is 1. The summed E-state index contributed by atoms with van der Waals surface area (Å²) in [6, 6.07) is 7.00. The van der Waals surface area contributed by atoms with Gasteiger partial charge in [0.05, 0.1) is 0 Å². The molecule has 1 aliphatic rings. The molecule has 0 bridgehead atoms. The van der Waals surface area contributed by atoms with Gasteiger partial charge in [0.15, 0.2) is 0 Å². The van der Waals surface area contributed by atoms with Crippen LogP contribution in [-0.4, -0.2) is 30.4 Å². The van der Waals surface area contributed by atoms with Crippen molar-refractivity contribution in [3.8, 4) is 0 Å². The highest BCUT2D eigenvalue weighted by Crippen LogP contribution is 2.26. The Bertz CT molecular complexity index is 466. The topological polar surface area (TPSA) is 32.3 Å². The van der Waals surface area contributed by atoms with Crippen molar-refractivity contribution in [2.45, 2.75) is 45.6 Å². The molecule has 1 amide bonds. The number of unbranched alkanes of at least 4 members (excludes halogenated alkanes) is 1. The maximum absolute atomic E-state index is 13.0. The zero-order valence-electron chi connectivity index (χ0n) is 13.6. The summed E-state index contributed by atoms with van der Waals surface area (Å²) in [4.78, 5) is 14.5. The van der Waals surface area contributed by atoms with Crippen LogP contribution in [0.15, 0.2) is 24.3 Å². The Morgan fingerprint density at radius 2 is 1.95 bits per heavy atom. The van der Waals surface area contributed by atoms with E-state index in [2.05, 4.69) is 24.1 Å². The number of carbonyl (C=O) groups excluding carboxylic acids is 1. The monoisotopic (exact) mass is 306 g/mol. The fourth-order valence-corrected chi connectivity index (χ4v) is 3.03. The molecule has 1 saturated heterocycles. The molecule has 0 radical (unpaired) electrons. The molecule has 1 aromatic rings. The van der Waals surface area contributed by atoms with Crippen LogP contribution in [0.25, 0.3) is 0 Å². The predicted octanol–water partition coefficient (Wildman–Crippen LogP) is 3.52. The molecule has 1 N–H and O–H groups in total. The van der Waals surface area contributed by atoms with E-state index in [0.717, 1.165) is 50.9 Å². The summed E-state index contributed by atoms with van der Waals surface area (Å²) in [5.41, 5.74) is 1.13. The molecule has 0 aromatic heterocycles. The second-order valence-electron chi connectivity index (χ2n) is 6.18. The number of piperidine rings is 1. The van der Waals surface area contributed by atoms with Crippen LogP contribution < -0.4 is 5.32 Å². The Hall–Kier alpha value is -1.42. The van der Waals surface area contributed by atoms with Crippen LogP contribution in [0.5, 0.6) is 0 Å². The van der Waals surface area contributed by atoms with E-state index in [1.54, 1.807) is 0 Å². The van der Waals surface area contributed by atoms with E-state index >= 15 is 0 Å². The van der Waals surface area contributed by atoms with Crippen LogP contribution in [-0.2, 0) is 4.79 Å². The first-order valence-electron chi connectivity index (χ1n) is 8.39. The number of hydrogen-bond donors (Lipinski definition) is 1. The van der Waals surface area contributed by atoms with Gasteiger partial charge in [0.2, 0.25) is 5.91 Å². The first kappa shape index (κ1) is 16.9. The van der Waals surface area contributed by atoms with Gasteiger partial charge in [0.1, 0.15) is 5.82 Å². The summed E-state index contributed by atoms with van der Waals surface area (Å²) in [6.45, 7) is 6.91. The lowest BCUT2D eigenvalue weighted by atomic mass is 9.94.